The number of non-ortho nitro benzene ring substituents is 1. The molecule has 0 aliphatic heterocycles. The molecular weight excluding hydrogens is 268 g/mol. The van der Waals surface area contributed by atoms with Gasteiger partial charge in [0.2, 0.25) is 0 Å². The quantitative estimate of drug-likeness (QED) is 0.418. The van der Waals surface area contributed by atoms with Crippen molar-refractivity contribution >= 4 is 22.4 Å². The summed E-state index contributed by atoms with van der Waals surface area (Å²) < 4.78 is 1.84. The largest absolute Gasteiger partial charge is 0.340 e. The lowest BCUT2D eigenvalue weighted by atomic mass is 10.1. The fourth-order valence-corrected chi connectivity index (χ4v) is 2.32. The standard InChI is InChI=1S/C16H12N2O3/c19-16(13-5-3-6-14(10-13)18(20)21)11-17-9-8-12-4-1-2-7-15(12)17/h1-10H,11H2. The Bertz CT molecular complexity index is 836. The number of nitrogens with zero attached hydrogens (tertiary/aromatic N) is 2. The molecule has 0 spiro atoms. The average Bonchev–Trinajstić information content (AvgIpc) is 2.91. The molecule has 1 heterocycles. The van der Waals surface area contributed by atoms with Gasteiger partial charge >= 0.3 is 0 Å². The Morgan fingerprint density at radius 3 is 2.71 bits per heavy atom. The summed E-state index contributed by atoms with van der Waals surface area (Å²) >= 11 is 0. The lowest BCUT2D eigenvalue weighted by Gasteiger charge is -2.05. The van der Waals surface area contributed by atoms with Gasteiger partial charge in [-0.05, 0) is 17.5 Å². The van der Waals surface area contributed by atoms with Crippen LogP contribution in [0.5, 0.6) is 0 Å². The second kappa shape index (κ2) is 5.20. The van der Waals surface area contributed by atoms with Crippen molar-refractivity contribution < 1.29 is 9.72 Å². The van der Waals surface area contributed by atoms with Crippen LogP contribution in [0.25, 0.3) is 10.9 Å². The van der Waals surface area contributed by atoms with E-state index in [0.29, 0.717) is 5.56 Å². The van der Waals surface area contributed by atoms with Gasteiger partial charge < -0.3 is 4.57 Å². The number of nitro groups is 1. The van der Waals surface area contributed by atoms with Crippen molar-refractivity contribution in [3.05, 3.63) is 76.5 Å². The van der Waals surface area contributed by atoms with Crippen molar-refractivity contribution in [1.29, 1.82) is 0 Å². The Balaban J connectivity index is 1.89. The molecule has 0 fully saturated rings. The fraction of sp³-hybridized carbons (Fsp3) is 0.0625. The normalized spacial score (nSPS) is 10.7. The van der Waals surface area contributed by atoms with Crippen molar-refractivity contribution in [3.63, 3.8) is 0 Å². The van der Waals surface area contributed by atoms with E-state index < -0.39 is 4.92 Å². The Morgan fingerprint density at radius 1 is 1.10 bits per heavy atom. The van der Waals surface area contributed by atoms with Gasteiger partial charge in [0.25, 0.3) is 5.69 Å². The van der Waals surface area contributed by atoms with Crippen LogP contribution >= 0.6 is 0 Å². The number of ketones is 1. The number of carbonyl (C=O) groups excluding carboxylic acids is 1. The molecule has 21 heavy (non-hydrogen) atoms. The minimum atomic E-state index is -0.498. The summed E-state index contributed by atoms with van der Waals surface area (Å²) in [5, 5.41) is 11.8. The van der Waals surface area contributed by atoms with Gasteiger partial charge in [-0.25, -0.2) is 0 Å². The highest BCUT2D eigenvalue weighted by molar-refractivity contribution is 5.97. The number of nitro benzene ring substituents is 1. The number of fused-ring (bicyclic) bond motifs is 1. The van der Waals surface area contributed by atoms with Crippen LogP contribution in [0.3, 0.4) is 0 Å². The molecule has 0 aliphatic carbocycles. The molecular formula is C16H12N2O3. The van der Waals surface area contributed by atoms with Gasteiger partial charge in [-0.1, -0.05) is 30.3 Å². The van der Waals surface area contributed by atoms with E-state index in [1.54, 1.807) is 6.07 Å². The summed E-state index contributed by atoms with van der Waals surface area (Å²) in [6.07, 6.45) is 1.85. The molecule has 0 amide bonds. The maximum atomic E-state index is 12.3. The minimum absolute atomic E-state index is 0.0711. The molecule has 0 N–H and O–H groups in total. The highest BCUT2D eigenvalue weighted by atomic mass is 16.6. The number of para-hydroxylation sites is 1. The zero-order valence-electron chi connectivity index (χ0n) is 11.1. The van der Waals surface area contributed by atoms with Crippen molar-refractivity contribution in [2.45, 2.75) is 6.54 Å². The molecule has 3 rings (SSSR count). The molecule has 1 aromatic heterocycles. The molecule has 2 aromatic carbocycles. The van der Waals surface area contributed by atoms with Gasteiger partial charge in [-0.2, -0.15) is 0 Å². The zero-order chi connectivity index (χ0) is 14.8. The summed E-state index contributed by atoms with van der Waals surface area (Å²) in [6, 6.07) is 15.5. The summed E-state index contributed by atoms with van der Waals surface area (Å²) in [5.74, 6) is -0.153. The highest BCUT2D eigenvalue weighted by Gasteiger charge is 2.12. The monoisotopic (exact) mass is 280 g/mol. The number of hydrogen-bond donors (Lipinski definition) is 0. The molecule has 0 radical (unpaired) electrons. The summed E-state index contributed by atoms with van der Waals surface area (Å²) in [7, 11) is 0. The fourth-order valence-electron chi connectivity index (χ4n) is 2.32. The van der Waals surface area contributed by atoms with Crippen LogP contribution in [-0.2, 0) is 6.54 Å². The van der Waals surface area contributed by atoms with E-state index in [9.17, 15) is 14.9 Å². The minimum Gasteiger partial charge on any atom is -0.340 e. The number of Topliss-reactive ketones (excluding diaryl/α,β-unsaturated/α-hetero) is 1. The van der Waals surface area contributed by atoms with Crippen LogP contribution in [0.15, 0.2) is 60.8 Å². The zero-order valence-corrected chi connectivity index (χ0v) is 11.1. The van der Waals surface area contributed by atoms with Gasteiger partial charge in [0.1, 0.15) is 0 Å². The summed E-state index contributed by atoms with van der Waals surface area (Å²) in [4.78, 5) is 22.5. The average molecular weight is 280 g/mol. The number of aromatic nitrogens is 1. The molecule has 0 aliphatic rings. The number of rotatable bonds is 4. The molecule has 104 valence electrons. The molecule has 0 saturated carbocycles. The van der Waals surface area contributed by atoms with Gasteiger partial charge in [0.15, 0.2) is 5.78 Å². The Labute approximate surface area is 120 Å². The van der Waals surface area contributed by atoms with E-state index in [4.69, 9.17) is 0 Å². The first-order valence-electron chi connectivity index (χ1n) is 6.47. The lowest BCUT2D eigenvalue weighted by molar-refractivity contribution is -0.384. The van der Waals surface area contributed by atoms with Crippen molar-refractivity contribution in [2.24, 2.45) is 0 Å². The Morgan fingerprint density at radius 2 is 1.90 bits per heavy atom. The molecule has 0 bridgehead atoms. The predicted octanol–water partition coefficient (Wildman–Crippen LogP) is 3.43. The first-order chi connectivity index (χ1) is 10.1. The molecule has 0 atom stereocenters. The van der Waals surface area contributed by atoms with Crippen LogP contribution in [0.1, 0.15) is 10.4 Å². The van der Waals surface area contributed by atoms with Gasteiger partial charge in [-0.15, -0.1) is 0 Å². The third-order valence-corrected chi connectivity index (χ3v) is 3.37. The van der Waals surface area contributed by atoms with Crippen LogP contribution in [-0.4, -0.2) is 15.3 Å². The SMILES string of the molecule is O=C(Cn1ccc2ccccc21)c1cccc([N+](=O)[O-])c1. The van der Waals surface area contributed by atoms with Crippen LogP contribution in [0, 0.1) is 10.1 Å². The van der Waals surface area contributed by atoms with Crippen LogP contribution in [0.2, 0.25) is 0 Å². The summed E-state index contributed by atoms with van der Waals surface area (Å²) in [6.45, 7) is 0.161. The molecule has 5 nitrogen and oxygen atoms in total. The number of hydrogen-bond acceptors (Lipinski definition) is 3. The van der Waals surface area contributed by atoms with E-state index in [1.807, 2.05) is 41.1 Å². The molecule has 0 saturated heterocycles. The van der Waals surface area contributed by atoms with Crippen molar-refractivity contribution in [3.8, 4) is 0 Å². The van der Waals surface area contributed by atoms with Gasteiger partial charge in [0, 0.05) is 29.4 Å². The van der Waals surface area contributed by atoms with E-state index in [-0.39, 0.29) is 18.0 Å². The van der Waals surface area contributed by atoms with E-state index in [0.717, 1.165) is 10.9 Å². The predicted molar refractivity (Wildman–Crippen MR) is 79.4 cm³/mol. The van der Waals surface area contributed by atoms with Crippen molar-refractivity contribution in [2.75, 3.05) is 0 Å². The lowest BCUT2D eigenvalue weighted by Crippen LogP contribution is -2.09. The smallest absolute Gasteiger partial charge is 0.270 e. The first-order valence-corrected chi connectivity index (χ1v) is 6.47. The molecule has 5 heteroatoms. The number of benzene rings is 2. The highest BCUT2D eigenvalue weighted by Crippen LogP contribution is 2.17. The third kappa shape index (κ3) is 2.53. The van der Waals surface area contributed by atoms with Crippen molar-refractivity contribution in [1.82, 2.24) is 4.57 Å². The topological polar surface area (TPSA) is 65.1 Å². The van der Waals surface area contributed by atoms with E-state index in [1.165, 1.54) is 18.2 Å². The van der Waals surface area contributed by atoms with E-state index >= 15 is 0 Å². The Hall–Kier alpha value is -2.95. The van der Waals surface area contributed by atoms with Crippen LogP contribution in [0.4, 0.5) is 5.69 Å². The second-order valence-corrected chi connectivity index (χ2v) is 4.73. The Kier molecular flexibility index (Phi) is 3.23. The van der Waals surface area contributed by atoms with Gasteiger partial charge in [0.05, 0.1) is 11.5 Å². The third-order valence-electron chi connectivity index (χ3n) is 3.37. The summed E-state index contributed by atoms with van der Waals surface area (Å²) in [5.41, 5.74) is 1.25. The maximum absolute atomic E-state index is 12.3. The second-order valence-electron chi connectivity index (χ2n) is 4.73. The maximum Gasteiger partial charge on any atom is 0.270 e. The number of carbonyl (C=O) groups is 1. The molecule has 3 aromatic rings. The molecule has 0 unspecified atom stereocenters. The van der Waals surface area contributed by atoms with E-state index in [2.05, 4.69) is 0 Å². The van der Waals surface area contributed by atoms with Gasteiger partial charge in [-0.3, -0.25) is 14.9 Å². The first kappa shape index (κ1) is 13.1. The van der Waals surface area contributed by atoms with Crippen LogP contribution < -0.4 is 0 Å².